The molecule has 0 radical (unpaired) electrons. The second-order valence-corrected chi connectivity index (χ2v) is 9.78. The Kier molecular flexibility index (Phi) is 6.61. The first-order chi connectivity index (χ1) is 16.7. The maximum atomic E-state index is 13.2. The van der Waals surface area contributed by atoms with Crippen molar-refractivity contribution in [2.45, 2.75) is 25.7 Å². The molecule has 0 bridgehead atoms. The summed E-state index contributed by atoms with van der Waals surface area (Å²) in [5.41, 5.74) is 3.79. The molecule has 0 saturated carbocycles. The lowest BCUT2D eigenvalue weighted by atomic mass is 10.1. The normalized spacial score (nSPS) is 11.9. The number of aryl methyl sites for hydroxylation is 3. The predicted octanol–water partition coefficient (Wildman–Crippen LogP) is 4.41. The molecule has 8 nitrogen and oxygen atoms in total. The summed E-state index contributed by atoms with van der Waals surface area (Å²) in [6.45, 7) is 5.78. The highest BCUT2D eigenvalue weighted by molar-refractivity contribution is 7.89. The summed E-state index contributed by atoms with van der Waals surface area (Å²) in [5, 5.41) is 7.40. The summed E-state index contributed by atoms with van der Waals surface area (Å²) in [6.07, 6.45) is 0. The SMILES string of the molecule is COc1cccc2cc(C(=O)Nc3ccc(C)c(C)c3)c(=NNS(=O)(=O)c3ccc(C)cc3)oc12. The number of carbonyl (C=O) groups excluding carboxylic acids is 1. The van der Waals surface area contributed by atoms with Crippen molar-refractivity contribution >= 4 is 32.6 Å². The maximum absolute atomic E-state index is 13.2. The quantitative estimate of drug-likeness (QED) is 0.388. The van der Waals surface area contributed by atoms with Crippen LogP contribution < -0.4 is 20.4 Å². The Morgan fingerprint density at radius 1 is 0.943 bits per heavy atom. The molecule has 0 aliphatic rings. The number of carbonyl (C=O) groups is 1. The minimum Gasteiger partial charge on any atom is -0.493 e. The van der Waals surface area contributed by atoms with Crippen molar-refractivity contribution in [3.63, 3.8) is 0 Å². The molecule has 0 spiro atoms. The molecule has 35 heavy (non-hydrogen) atoms. The molecule has 0 aliphatic heterocycles. The number of sulfonamides is 1. The van der Waals surface area contributed by atoms with E-state index in [4.69, 9.17) is 9.15 Å². The van der Waals surface area contributed by atoms with Gasteiger partial charge in [0.1, 0.15) is 5.56 Å². The van der Waals surface area contributed by atoms with Gasteiger partial charge in [-0.15, -0.1) is 5.10 Å². The largest absolute Gasteiger partial charge is 0.493 e. The zero-order valence-electron chi connectivity index (χ0n) is 19.7. The summed E-state index contributed by atoms with van der Waals surface area (Å²) >= 11 is 0. The summed E-state index contributed by atoms with van der Waals surface area (Å²) < 4.78 is 36.8. The standard InChI is InChI=1S/C26H25N3O5S/c1-16-8-12-21(13-9-16)35(31,32)29-28-26-22(15-19-6-5-7-23(33-4)24(19)34-26)25(30)27-20-11-10-17(2)18(3)14-20/h5-15,29H,1-4H3,(H,27,30). The summed E-state index contributed by atoms with van der Waals surface area (Å²) in [4.78, 5) is 15.4. The molecule has 9 heteroatoms. The van der Waals surface area contributed by atoms with Crippen molar-refractivity contribution in [3.05, 3.63) is 94.5 Å². The Hall–Kier alpha value is -4.11. The number of hydrogen-bond acceptors (Lipinski definition) is 6. The van der Waals surface area contributed by atoms with Gasteiger partial charge in [-0.1, -0.05) is 35.9 Å². The Labute approximate surface area is 203 Å². The third-order valence-corrected chi connectivity index (χ3v) is 6.79. The molecule has 1 amide bonds. The van der Waals surface area contributed by atoms with Gasteiger partial charge in [-0.05, 0) is 68.3 Å². The van der Waals surface area contributed by atoms with Crippen molar-refractivity contribution in [1.82, 2.24) is 4.83 Å². The first kappa shape index (κ1) is 24.0. The third-order valence-electron chi connectivity index (χ3n) is 5.57. The zero-order valence-corrected chi connectivity index (χ0v) is 20.6. The van der Waals surface area contributed by atoms with Crippen LogP contribution in [0, 0.1) is 20.8 Å². The predicted molar refractivity (Wildman–Crippen MR) is 134 cm³/mol. The fourth-order valence-corrected chi connectivity index (χ4v) is 4.22. The molecular formula is C26H25N3O5S. The summed E-state index contributed by atoms with van der Waals surface area (Å²) in [5.74, 6) is -0.0866. The van der Waals surface area contributed by atoms with Crippen LogP contribution in [-0.2, 0) is 10.0 Å². The Balaban J connectivity index is 1.80. The number of nitrogens with one attached hydrogen (secondary N) is 2. The fourth-order valence-electron chi connectivity index (χ4n) is 3.42. The Morgan fingerprint density at radius 3 is 2.37 bits per heavy atom. The average molecular weight is 492 g/mol. The van der Waals surface area contributed by atoms with Gasteiger partial charge in [0, 0.05) is 11.1 Å². The Bertz CT molecular complexity index is 1590. The van der Waals surface area contributed by atoms with Crippen molar-refractivity contribution < 1.29 is 22.4 Å². The van der Waals surface area contributed by atoms with E-state index in [0.29, 0.717) is 22.4 Å². The van der Waals surface area contributed by atoms with E-state index in [1.807, 2.05) is 32.9 Å². The van der Waals surface area contributed by atoms with Crippen LogP contribution in [-0.4, -0.2) is 21.4 Å². The van der Waals surface area contributed by atoms with Crippen LogP contribution in [0.25, 0.3) is 11.0 Å². The zero-order chi connectivity index (χ0) is 25.2. The van der Waals surface area contributed by atoms with Crippen molar-refractivity contribution in [2.75, 3.05) is 12.4 Å². The number of methoxy groups -OCH3 is 1. The number of benzene rings is 3. The minimum atomic E-state index is -4.00. The van der Waals surface area contributed by atoms with Gasteiger partial charge in [-0.2, -0.15) is 13.2 Å². The molecular weight excluding hydrogens is 466 g/mol. The fraction of sp³-hybridized carbons (Fsp3) is 0.154. The summed E-state index contributed by atoms with van der Waals surface area (Å²) in [7, 11) is -2.51. The highest BCUT2D eigenvalue weighted by atomic mass is 32.2. The number of ether oxygens (including phenoxy) is 1. The van der Waals surface area contributed by atoms with Crippen molar-refractivity contribution in [1.29, 1.82) is 0 Å². The van der Waals surface area contributed by atoms with Gasteiger partial charge in [-0.25, -0.2) is 0 Å². The van der Waals surface area contributed by atoms with E-state index in [1.165, 1.54) is 19.2 Å². The number of anilines is 1. The van der Waals surface area contributed by atoms with Crippen molar-refractivity contribution in [3.8, 4) is 5.75 Å². The minimum absolute atomic E-state index is 0.0337. The van der Waals surface area contributed by atoms with E-state index in [0.717, 1.165) is 16.7 Å². The highest BCUT2D eigenvalue weighted by Gasteiger charge is 2.17. The highest BCUT2D eigenvalue weighted by Crippen LogP contribution is 2.25. The van der Waals surface area contributed by atoms with Crippen LogP contribution in [0.3, 0.4) is 0 Å². The van der Waals surface area contributed by atoms with Crippen molar-refractivity contribution in [2.24, 2.45) is 5.10 Å². The number of amides is 1. The van der Waals surface area contributed by atoms with Gasteiger partial charge in [0.15, 0.2) is 11.3 Å². The van der Waals surface area contributed by atoms with E-state index in [9.17, 15) is 13.2 Å². The second-order valence-electron chi connectivity index (χ2n) is 8.12. The number of para-hydroxylation sites is 1. The van der Waals surface area contributed by atoms with E-state index < -0.39 is 15.9 Å². The molecule has 0 aliphatic carbocycles. The number of rotatable bonds is 6. The molecule has 0 unspecified atom stereocenters. The van der Waals surface area contributed by atoms with Crippen LogP contribution in [0.4, 0.5) is 5.69 Å². The third kappa shape index (κ3) is 5.20. The molecule has 1 heterocycles. The van der Waals surface area contributed by atoms with Gasteiger partial charge in [0.2, 0.25) is 5.55 Å². The van der Waals surface area contributed by atoms with Crippen LogP contribution in [0.1, 0.15) is 27.0 Å². The molecule has 0 atom stereocenters. The van der Waals surface area contributed by atoms with E-state index in [1.54, 1.807) is 42.5 Å². The molecule has 2 N–H and O–H groups in total. The van der Waals surface area contributed by atoms with Gasteiger partial charge >= 0.3 is 0 Å². The number of hydrogen-bond donors (Lipinski definition) is 2. The molecule has 4 aromatic rings. The number of nitrogens with zero attached hydrogens (tertiary/aromatic N) is 1. The lowest BCUT2D eigenvalue weighted by Gasteiger charge is -2.10. The first-order valence-electron chi connectivity index (χ1n) is 10.8. The Morgan fingerprint density at radius 2 is 1.69 bits per heavy atom. The second kappa shape index (κ2) is 9.63. The van der Waals surface area contributed by atoms with Crippen LogP contribution >= 0.6 is 0 Å². The smallest absolute Gasteiger partial charge is 0.276 e. The molecule has 180 valence electrons. The lowest BCUT2D eigenvalue weighted by molar-refractivity contribution is 0.102. The van der Waals surface area contributed by atoms with Crippen LogP contribution in [0.2, 0.25) is 0 Å². The van der Waals surface area contributed by atoms with E-state index >= 15 is 0 Å². The average Bonchev–Trinajstić information content (AvgIpc) is 2.84. The molecule has 3 aromatic carbocycles. The molecule has 0 fully saturated rings. The summed E-state index contributed by atoms with van der Waals surface area (Å²) in [6, 6.07) is 18.7. The molecule has 1 aromatic heterocycles. The van der Waals surface area contributed by atoms with Gasteiger partial charge in [-0.3, -0.25) is 4.79 Å². The molecule has 0 saturated heterocycles. The van der Waals surface area contributed by atoms with E-state index in [2.05, 4.69) is 15.2 Å². The first-order valence-corrected chi connectivity index (χ1v) is 12.3. The topological polar surface area (TPSA) is 110 Å². The van der Waals surface area contributed by atoms with Gasteiger partial charge in [0.05, 0.1) is 12.0 Å². The van der Waals surface area contributed by atoms with Gasteiger partial charge in [0.25, 0.3) is 15.9 Å². The monoisotopic (exact) mass is 491 g/mol. The maximum Gasteiger partial charge on any atom is 0.276 e. The van der Waals surface area contributed by atoms with Gasteiger partial charge < -0.3 is 14.5 Å². The number of fused-ring (bicyclic) bond motifs is 1. The van der Waals surface area contributed by atoms with Crippen LogP contribution in [0.5, 0.6) is 5.75 Å². The van der Waals surface area contributed by atoms with E-state index in [-0.39, 0.29) is 16.0 Å². The van der Waals surface area contributed by atoms with Crippen LogP contribution in [0.15, 0.2) is 81.1 Å². The molecule has 4 rings (SSSR count). The lowest BCUT2D eigenvalue weighted by Crippen LogP contribution is -2.27.